The van der Waals surface area contributed by atoms with Gasteiger partial charge in [-0.1, -0.05) is 56.3 Å². The number of esters is 1. The summed E-state index contributed by atoms with van der Waals surface area (Å²) < 4.78 is 5.40. The second kappa shape index (κ2) is 8.80. The molecule has 2 aromatic rings. The molecule has 6 nitrogen and oxygen atoms in total. The number of amides is 3. The molecule has 26 heavy (non-hydrogen) atoms. The van der Waals surface area contributed by atoms with Crippen LogP contribution in [-0.2, 0) is 9.53 Å². The monoisotopic (exact) mass is 354 g/mol. The average molecular weight is 354 g/mol. The number of benzene rings is 2. The minimum atomic E-state index is -1.23. The van der Waals surface area contributed by atoms with Crippen LogP contribution in [-0.4, -0.2) is 25.0 Å². The summed E-state index contributed by atoms with van der Waals surface area (Å²) >= 11 is 0. The van der Waals surface area contributed by atoms with Crippen LogP contribution in [0.5, 0.6) is 0 Å². The van der Waals surface area contributed by atoms with E-state index in [4.69, 9.17) is 4.74 Å². The maximum absolute atomic E-state index is 12.5. The molecule has 3 amide bonds. The summed E-state index contributed by atoms with van der Waals surface area (Å²) in [5.41, 5.74) is 1.91. The average Bonchev–Trinajstić information content (AvgIpc) is 2.66. The Balaban J connectivity index is 2.21. The van der Waals surface area contributed by atoms with Gasteiger partial charge in [-0.3, -0.25) is 10.1 Å². The minimum absolute atomic E-state index is 0.336. The van der Waals surface area contributed by atoms with Crippen molar-refractivity contribution in [3.8, 4) is 0 Å². The van der Waals surface area contributed by atoms with Crippen molar-refractivity contribution in [2.24, 2.45) is 0 Å². The minimum Gasteiger partial charge on any atom is -0.444 e. The highest BCUT2D eigenvalue weighted by Crippen LogP contribution is 2.21. The second-order valence-corrected chi connectivity index (χ2v) is 6.04. The number of rotatable bonds is 5. The zero-order valence-electron chi connectivity index (χ0n) is 15.0. The molecule has 0 aliphatic heterocycles. The van der Waals surface area contributed by atoms with Crippen molar-refractivity contribution < 1.29 is 19.1 Å². The molecule has 0 spiro atoms. The highest BCUT2D eigenvalue weighted by Gasteiger charge is 2.26. The van der Waals surface area contributed by atoms with Gasteiger partial charge in [0.25, 0.3) is 5.91 Å². The standard InChI is InChI=1S/C20H22N2O4/c1-13(2)14-9-11-16(12-10-14)19(24)26-17(15-7-5-4-6-8-15)18(23)22-20(25)21-3/h4-13,17H,1-3H3,(H2,21,22,23,25)/t17-/m1/s1. The van der Waals surface area contributed by atoms with Crippen molar-refractivity contribution in [1.29, 1.82) is 0 Å². The van der Waals surface area contributed by atoms with Gasteiger partial charge in [0.2, 0.25) is 6.10 Å². The van der Waals surface area contributed by atoms with Crippen molar-refractivity contribution in [1.82, 2.24) is 10.6 Å². The normalized spacial score (nSPS) is 11.5. The fraction of sp³-hybridized carbons (Fsp3) is 0.250. The molecule has 2 N–H and O–H groups in total. The van der Waals surface area contributed by atoms with E-state index in [2.05, 4.69) is 24.5 Å². The lowest BCUT2D eigenvalue weighted by Crippen LogP contribution is -2.41. The predicted octanol–water partition coefficient (Wildman–Crippen LogP) is 3.16. The summed E-state index contributed by atoms with van der Waals surface area (Å²) in [6.45, 7) is 4.11. The fourth-order valence-electron chi connectivity index (χ4n) is 2.32. The highest BCUT2D eigenvalue weighted by molar-refractivity contribution is 5.99. The number of urea groups is 1. The summed E-state index contributed by atoms with van der Waals surface area (Å²) in [4.78, 5) is 36.3. The van der Waals surface area contributed by atoms with E-state index in [1.165, 1.54) is 7.05 Å². The van der Waals surface area contributed by atoms with E-state index in [0.29, 0.717) is 17.0 Å². The molecule has 0 aliphatic carbocycles. The fourth-order valence-corrected chi connectivity index (χ4v) is 2.32. The molecule has 2 rings (SSSR count). The first-order valence-electron chi connectivity index (χ1n) is 8.30. The van der Waals surface area contributed by atoms with Crippen LogP contribution in [0.15, 0.2) is 54.6 Å². The van der Waals surface area contributed by atoms with Crippen molar-refractivity contribution in [3.63, 3.8) is 0 Å². The van der Waals surface area contributed by atoms with E-state index < -0.39 is 24.0 Å². The van der Waals surface area contributed by atoms with Gasteiger partial charge in [0.05, 0.1) is 5.56 Å². The highest BCUT2D eigenvalue weighted by atomic mass is 16.5. The number of nitrogens with one attached hydrogen (secondary N) is 2. The van der Waals surface area contributed by atoms with Crippen molar-refractivity contribution >= 4 is 17.9 Å². The number of ether oxygens (including phenoxy) is 1. The Morgan fingerprint density at radius 3 is 2.04 bits per heavy atom. The summed E-state index contributed by atoms with van der Waals surface area (Å²) in [7, 11) is 1.39. The molecule has 1 atom stereocenters. The van der Waals surface area contributed by atoms with Gasteiger partial charge in [-0.2, -0.15) is 0 Å². The van der Waals surface area contributed by atoms with E-state index in [1.807, 2.05) is 12.1 Å². The van der Waals surface area contributed by atoms with Crippen LogP contribution in [0.1, 0.15) is 47.4 Å². The van der Waals surface area contributed by atoms with Gasteiger partial charge in [-0.25, -0.2) is 9.59 Å². The largest absolute Gasteiger partial charge is 0.444 e. The number of hydrogen-bond donors (Lipinski definition) is 2. The van der Waals surface area contributed by atoms with E-state index in [0.717, 1.165) is 5.56 Å². The van der Waals surface area contributed by atoms with Crippen LogP contribution in [0.25, 0.3) is 0 Å². The van der Waals surface area contributed by atoms with Gasteiger partial charge in [0.1, 0.15) is 0 Å². The van der Waals surface area contributed by atoms with Crippen LogP contribution in [0, 0.1) is 0 Å². The molecular formula is C20H22N2O4. The first-order valence-corrected chi connectivity index (χ1v) is 8.30. The van der Waals surface area contributed by atoms with Crippen LogP contribution >= 0.6 is 0 Å². The summed E-state index contributed by atoms with van der Waals surface area (Å²) in [5, 5.41) is 4.44. The smallest absolute Gasteiger partial charge is 0.339 e. The van der Waals surface area contributed by atoms with E-state index in [1.54, 1.807) is 42.5 Å². The molecule has 0 heterocycles. The van der Waals surface area contributed by atoms with Gasteiger partial charge < -0.3 is 10.1 Å². The van der Waals surface area contributed by atoms with Crippen molar-refractivity contribution in [3.05, 3.63) is 71.3 Å². The van der Waals surface area contributed by atoms with E-state index in [9.17, 15) is 14.4 Å². The zero-order valence-corrected chi connectivity index (χ0v) is 15.0. The topological polar surface area (TPSA) is 84.5 Å². The lowest BCUT2D eigenvalue weighted by atomic mass is 10.0. The van der Waals surface area contributed by atoms with Gasteiger partial charge in [-0.15, -0.1) is 0 Å². The Morgan fingerprint density at radius 1 is 0.885 bits per heavy atom. The van der Waals surface area contributed by atoms with Gasteiger partial charge in [-0.05, 0) is 23.6 Å². The third-order valence-corrected chi connectivity index (χ3v) is 3.84. The molecule has 0 radical (unpaired) electrons. The Bertz CT molecular complexity index is 770. The molecule has 0 saturated heterocycles. The second-order valence-electron chi connectivity index (χ2n) is 6.04. The van der Waals surface area contributed by atoms with Crippen LogP contribution in [0.2, 0.25) is 0 Å². The lowest BCUT2D eigenvalue weighted by molar-refractivity contribution is -0.129. The molecule has 0 bridgehead atoms. The van der Waals surface area contributed by atoms with Gasteiger partial charge >= 0.3 is 12.0 Å². The first-order chi connectivity index (χ1) is 12.4. The molecule has 6 heteroatoms. The Labute approximate surface area is 152 Å². The third kappa shape index (κ3) is 4.92. The molecule has 0 aliphatic rings. The van der Waals surface area contributed by atoms with E-state index in [-0.39, 0.29) is 0 Å². The molecule has 136 valence electrons. The molecule has 0 fully saturated rings. The van der Waals surface area contributed by atoms with Gasteiger partial charge in [0.15, 0.2) is 0 Å². The maximum atomic E-state index is 12.5. The predicted molar refractivity (Wildman–Crippen MR) is 97.7 cm³/mol. The van der Waals surface area contributed by atoms with Crippen LogP contribution < -0.4 is 10.6 Å². The first kappa shape index (κ1) is 19.2. The third-order valence-electron chi connectivity index (χ3n) is 3.84. The number of imide groups is 1. The SMILES string of the molecule is CNC(=O)NC(=O)[C@H](OC(=O)c1ccc(C(C)C)cc1)c1ccccc1. The van der Waals surface area contributed by atoms with Crippen LogP contribution in [0.4, 0.5) is 4.79 Å². The van der Waals surface area contributed by atoms with E-state index >= 15 is 0 Å². The molecule has 0 unspecified atom stereocenters. The maximum Gasteiger partial charge on any atom is 0.339 e. The number of carbonyl (C=O) groups is 3. The number of carbonyl (C=O) groups excluding carboxylic acids is 3. The molecular weight excluding hydrogens is 332 g/mol. The quantitative estimate of drug-likeness (QED) is 0.808. The Hall–Kier alpha value is -3.15. The molecule has 0 saturated carbocycles. The number of hydrogen-bond acceptors (Lipinski definition) is 4. The molecule has 2 aromatic carbocycles. The zero-order chi connectivity index (χ0) is 19.1. The lowest BCUT2D eigenvalue weighted by Gasteiger charge is -2.17. The van der Waals surface area contributed by atoms with Crippen molar-refractivity contribution in [2.75, 3.05) is 7.05 Å². The Kier molecular flexibility index (Phi) is 6.49. The van der Waals surface area contributed by atoms with Crippen molar-refractivity contribution in [2.45, 2.75) is 25.9 Å². The summed E-state index contributed by atoms with van der Waals surface area (Å²) in [6.07, 6.45) is -1.23. The Morgan fingerprint density at radius 2 is 1.50 bits per heavy atom. The summed E-state index contributed by atoms with van der Waals surface area (Å²) in [6, 6.07) is 14.9. The van der Waals surface area contributed by atoms with Crippen LogP contribution in [0.3, 0.4) is 0 Å². The molecule has 0 aromatic heterocycles. The summed E-state index contributed by atoms with van der Waals surface area (Å²) in [5.74, 6) is -1.01. The van der Waals surface area contributed by atoms with Gasteiger partial charge in [0, 0.05) is 12.6 Å².